The third-order valence-corrected chi connectivity index (χ3v) is 4.73. The monoisotopic (exact) mass is 302 g/mol. The first kappa shape index (κ1) is 15.1. The predicted octanol–water partition coefficient (Wildman–Crippen LogP) is 3.33. The number of ether oxygens (including phenoxy) is 1. The first-order valence-electron chi connectivity index (χ1n) is 6.56. The molecule has 1 aliphatic rings. The van der Waals surface area contributed by atoms with Crippen molar-refractivity contribution in [3.8, 4) is 0 Å². The van der Waals surface area contributed by atoms with Gasteiger partial charge in [-0.15, -0.1) is 0 Å². The Kier molecular flexibility index (Phi) is 5.09. The van der Waals surface area contributed by atoms with Crippen LogP contribution in [0.25, 0.3) is 0 Å². The number of nitrogens with two attached hydrogens (primary N) is 1. The Morgan fingerprint density at radius 1 is 1.37 bits per heavy atom. The highest BCUT2D eigenvalue weighted by atomic mass is 35.5. The first-order valence-corrected chi connectivity index (χ1v) is 7.32. The Hall–Kier alpha value is -0.320. The van der Waals surface area contributed by atoms with Gasteiger partial charge < -0.3 is 4.74 Å². The van der Waals surface area contributed by atoms with Gasteiger partial charge in [-0.1, -0.05) is 36.0 Å². The maximum atomic E-state index is 6.22. The van der Waals surface area contributed by atoms with Crippen molar-refractivity contribution in [2.24, 2.45) is 5.84 Å². The summed E-state index contributed by atoms with van der Waals surface area (Å²) in [5, 5.41) is 1.40. The van der Waals surface area contributed by atoms with Crippen molar-refractivity contribution in [2.75, 3.05) is 7.11 Å². The summed E-state index contributed by atoms with van der Waals surface area (Å²) >= 11 is 12.3. The van der Waals surface area contributed by atoms with Crippen LogP contribution in [-0.4, -0.2) is 18.8 Å². The van der Waals surface area contributed by atoms with E-state index in [0.717, 1.165) is 18.4 Å². The number of halogens is 2. The number of hydrazine groups is 1. The van der Waals surface area contributed by atoms with Crippen molar-refractivity contribution in [3.05, 3.63) is 33.8 Å². The van der Waals surface area contributed by atoms with E-state index in [1.54, 1.807) is 13.2 Å². The molecule has 0 aromatic heterocycles. The summed E-state index contributed by atoms with van der Waals surface area (Å²) in [6.45, 7) is 0. The summed E-state index contributed by atoms with van der Waals surface area (Å²) in [7, 11) is 1.76. The first-order chi connectivity index (χ1) is 9.11. The van der Waals surface area contributed by atoms with Crippen LogP contribution in [0.15, 0.2) is 18.2 Å². The van der Waals surface area contributed by atoms with Gasteiger partial charge in [0.1, 0.15) is 0 Å². The molecule has 1 aromatic rings. The van der Waals surface area contributed by atoms with Crippen molar-refractivity contribution in [2.45, 2.75) is 43.7 Å². The van der Waals surface area contributed by atoms with Crippen LogP contribution < -0.4 is 11.3 Å². The van der Waals surface area contributed by atoms with Crippen LogP contribution in [0.3, 0.4) is 0 Å². The van der Waals surface area contributed by atoms with Crippen molar-refractivity contribution >= 4 is 23.2 Å². The van der Waals surface area contributed by atoms with Gasteiger partial charge in [0.25, 0.3) is 0 Å². The Labute approximate surface area is 124 Å². The molecular formula is C14H20Cl2N2O. The summed E-state index contributed by atoms with van der Waals surface area (Å²) in [6.07, 6.45) is 5.11. The second-order valence-corrected chi connectivity index (χ2v) is 5.98. The number of hydrogen-bond donors (Lipinski definition) is 2. The van der Waals surface area contributed by atoms with E-state index in [4.69, 9.17) is 33.8 Å². The van der Waals surface area contributed by atoms with Crippen LogP contribution >= 0.6 is 23.2 Å². The third kappa shape index (κ3) is 3.23. The number of methoxy groups -OCH3 is 1. The van der Waals surface area contributed by atoms with Gasteiger partial charge in [-0.05, 0) is 43.0 Å². The predicted molar refractivity (Wildman–Crippen MR) is 79.5 cm³/mol. The average Bonchev–Trinajstić information content (AvgIpc) is 2.89. The molecule has 3 N–H and O–H groups in total. The quantitative estimate of drug-likeness (QED) is 0.648. The second kappa shape index (κ2) is 6.42. The summed E-state index contributed by atoms with van der Waals surface area (Å²) in [5.41, 5.74) is 3.71. The molecular weight excluding hydrogens is 283 g/mol. The molecule has 1 fully saturated rings. The summed E-state index contributed by atoms with van der Waals surface area (Å²) in [5.74, 6) is 5.74. The minimum atomic E-state index is -0.194. The fourth-order valence-corrected chi connectivity index (χ4v) is 3.37. The van der Waals surface area contributed by atoms with E-state index in [1.807, 2.05) is 12.1 Å². The molecule has 1 atom stereocenters. The lowest BCUT2D eigenvalue weighted by atomic mass is 9.87. The van der Waals surface area contributed by atoms with Crippen molar-refractivity contribution in [1.29, 1.82) is 0 Å². The molecule has 0 amide bonds. The van der Waals surface area contributed by atoms with Gasteiger partial charge in [-0.25, -0.2) is 0 Å². The van der Waals surface area contributed by atoms with Gasteiger partial charge in [-0.3, -0.25) is 11.3 Å². The number of rotatable bonds is 5. The van der Waals surface area contributed by atoms with E-state index >= 15 is 0 Å². The van der Waals surface area contributed by atoms with Crippen LogP contribution in [0.1, 0.15) is 31.2 Å². The second-order valence-electron chi connectivity index (χ2n) is 5.14. The maximum Gasteiger partial charge on any atom is 0.0847 e. The normalized spacial score (nSPS) is 19.6. The molecule has 0 bridgehead atoms. The topological polar surface area (TPSA) is 47.3 Å². The van der Waals surface area contributed by atoms with Gasteiger partial charge in [0.05, 0.1) is 11.6 Å². The molecule has 0 saturated heterocycles. The molecule has 1 aliphatic carbocycles. The molecule has 1 aromatic carbocycles. The zero-order valence-electron chi connectivity index (χ0n) is 11.1. The van der Waals surface area contributed by atoms with Crippen LogP contribution in [0.4, 0.5) is 0 Å². The highest BCUT2D eigenvalue weighted by Crippen LogP contribution is 2.37. The van der Waals surface area contributed by atoms with E-state index < -0.39 is 0 Å². The van der Waals surface area contributed by atoms with Crippen molar-refractivity contribution in [3.63, 3.8) is 0 Å². The lowest BCUT2D eigenvalue weighted by molar-refractivity contribution is -0.0355. The minimum Gasteiger partial charge on any atom is -0.377 e. The van der Waals surface area contributed by atoms with E-state index in [1.165, 1.54) is 12.8 Å². The minimum absolute atomic E-state index is 0.0379. The molecule has 19 heavy (non-hydrogen) atoms. The number of benzene rings is 1. The SMILES string of the molecule is COC1(C(Cc2cc(Cl)ccc2Cl)NN)CCCC1. The molecule has 1 unspecified atom stereocenters. The van der Waals surface area contributed by atoms with Crippen LogP contribution in [0.2, 0.25) is 10.0 Å². The highest BCUT2D eigenvalue weighted by Gasteiger charge is 2.41. The molecule has 0 aliphatic heterocycles. The highest BCUT2D eigenvalue weighted by molar-refractivity contribution is 6.33. The van der Waals surface area contributed by atoms with E-state index in [-0.39, 0.29) is 11.6 Å². The Bertz CT molecular complexity index is 433. The van der Waals surface area contributed by atoms with Gasteiger partial charge in [0.15, 0.2) is 0 Å². The van der Waals surface area contributed by atoms with Gasteiger partial charge in [-0.2, -0.15) is 0 Å². The molecule has 1 saturated carbocycles. The largest absolute Gasteiger partial charge is 0.377 e. The standard InChI is InChI=1S/C14H20Cl2N2O/c1-19-14(6-2-3-7-14)13(18-17)9-10-8-11(15)4-5-12(10)16/h4-5,8,13,18H,2-3,6-7,9,17H2,1H3. The number of hydrogen-bond acceptors (Lipinski definition) is 3. The number of nitrogens with one attached hydrogen (secondary N) is 1. The Morgan fingerprint density at radius 3 is 2.63 bits per heavy atom. The lowest BCUT2D eigenvalue weighted by Crippen LogP contribution is -2.54. The van der Waals surface area contributed by atoms with E-state index in [2.05, 4.69) is 5.43 Å². The summed E-state index contributed by atoms with van der Waals surface area (Å²) < 4.78 is 5.78. The fourth-order valence-electron chi connectivity index (χ4n) is 2.98. The van der Waals surface area contributed by atoms with E-state index in [0.29, 0.717) is 16.5 Å². The van der Waals surface area contributed by atoms with E-state index in [9.17, 15) is 0 Å². The molecule has 0 spiro atoms. The Balaban J connectivity index is 2.21. The molecule has 0 radical (unpaired) electrons. The fraction of sp³-hybridized carbons (Fsp3) is 0.571. The third-order valence-electron chi connectivity index (χ3n) is 4.12. The van der Waals surface area contributed by atoms with Gasteiger partial charge >= 0.3 is 0 Å². The van der Waals surface area contributed by atoms with Crippen molar-refractivity contribution < 1.29 is 4.74 Å². The molecule has 106 valence electrons. The van der Waals surface area contributed by atoms with Crippen LogP contribution in [0.5, 0.6) is 0 Å². The maximum absolute atomic E-state index is 6.22. The molecule has 2 rings (SSSR count). The lowest BCUT2D eigenvalue weighted by Gasteiger charge is -2.36. The van der Waals surface area contributed by atoms with Gasteiger partial charge in [0.2, 0.25) is 0 Å². The summed E-state index contributed by atoms with van der Waals surface area (Å²) in [6, 6.07) is 5.55. The summed E-state index contributed by atoms with van der Waals surface area (Å²) in [4.78, 5) is 0. The van der Waals surface area contributed by atoms with Crippen LogP contribution in [-0.2, 0) is 11.2 Å². The van der Waals surface area contributed by atoms with Crippen molar-refractivity contribution in [1.82, 2.24) is 5.43 Å². The molecule has 0 heterocycles. The zero-order valence-corrected chi connectivity index (χ0v) is 12.6. The molecule has 3 nitrogen and oxygen atoms in total. The molecule has 5 heteroatoms. The average molecular weight is 303 g/mol. The van der Waals surface area contributed by atoms with Crippen LogP contribution in [0, 0.1) is 0 Å². The Morgan fingerprint density at radius 2 is 2.05 bits per heavy atom. The smallest absolute Gasteiger partial charge is 0.0847 e. The van der Waals surface area contributed by atoms with Gasteiger partial charge in [0, 0.05) is 17.2 Å². The zero-order chi connectivity index (χ0) is 13.9.